The molecule has 2 aromatic carbocycles. The average molecular weight is 380 g/mol. The molecule has 0 saturated carbocycles. The quantitative estimate of drug-likeness (QED) is 0.696. The molecule has 140 valence electrons. The number of benzene rings is 2. The summed E-state index contributed by atoms with van der Waals surface area (Å²) >= 11 is 0. The lowest BCUT2D eigenvalue weighted by atomic mass is 10.1. The maximum atomic E-state index is 13.5. The smallest absolute Gasteiger partial charge is 0.241 e. The summed E-state index contributed by atoms with van der Waals surface area (Å²) in [6.45, 7) is 2.13. The van der Waals surface area contributed by atoms with Gasteiger partial charge in [-0.05, 0) is 49.2 Å². The summed E-state index contributed by atoms with van der Waals surface area (Å²) in [4.78, 5) is 11.8. The Morgan fingerprint density at radius 2 is 1.81 bits per heavy atom. The zero-order valence-electron chi connectivity index (χ0n) is 14.4. The Balaban J connectivity index is 1.81. The molecule has 0 bridgehead atoms. The predicted molar refractivity (Wildman–Crippen MR) is 95.9 cm³/mol. The molecule has 0 aliphatic heterocycles. The van der Waals surface area contributed by atoms with Crippen molar-refractivity contribution in [1.82, 2.24) is 10.0 Å². The topological polar surface area (TPSA) is 84.5 Å². The van der Waals surface area contributed by atoms with Crippen molar-refractivity contribution in [2.24, 2.45) is 0 Å². The lowest BCUT2D eigenvalue weighted by Gasteiger charge is -2.09. The van der Waals surface area contributed by atoms with E-state index < -0.39 is 22.5 Å². The van der Waals surface area contributed by atoms with Crippen LogP contribution in [0.5, 0.6) is 5.75 Å². The first-order chi connectivity index (χ1) is 12.4. The van der Waals surface area contributed by atoms with Gasteiger partial charge < -0.3 is 10.1 Å². The lowest BCUT2D eigenvalue weighted by molar-refractivity contribution is -0.119. The molecule has 6 nitrogen and oxygen atoms in total. The van der Waals surface area contributed by atoms with E-state index in [0.29, 0.717) is 24.3 Å². The van der Waals surface area contributed by atoms with Crippen LogP contribution in [0, 0.1) is 5.82 Å². The Kier molecular flexibility index (Phi) is 7.11. The van der Waals surface area contributed by atoms with E-state index in [4.69, 9.17) is 4.74 Å². The minimum Gasteiger partial charge on any atom is -0.494 e. The van der Waals surface area contributed by atoms with Gasteiger partial charge in [-0.25, -0.2) is 17.5 Å². The van der Waals surface area contributed by atoms with Crippen molar-refractivity contribution < 1.29 is 22.3 Å². The maximum absolute atomic E-state index is 13.5. The van der Waals surface area contributed by atoms with Crippen LogP contribution in [0.4, 0.5) is 4.39 Å². The van der Waals surface area contributed by atoms with Crippen molar-refractivity contribution in [3.05, 3.63) is 59.9 Å². The zero-order valence-corrected chi connectivity index (χ0v) is 15.2. The highest BCUT2D eigenvalue weighted by molar-refractivity contribution is 7.89. The van der Waals surface area contributed by atoms with Crippen molar-refractivity contribution in [2.75, 3.05) is 19.7 Å². The van der Waals surface area contributed by atoms with Gasteiger partial charge in [0.1, 0.15) is 11.6 Å². The number of carbonyl (C=O) groups excluding carboxylic acids is 1. The van der Waals surface area contributed by atoms with E-state index in [0.717, 1.165) is 0 Å². The minimum absolute atomic E-state index is 0.0418. The maximum Gasteiger partial charge on any atom is 0.241 e. The van der Waals surface area contributed by atoms with Crippen LogP contribution in [-0.4, -0.2) is 34.0 Å². The van der Waals surface area contributed by atoms with E-state index in [-0.39, 0.29) is 17.3 Å². The molecule has 2 aromatic rings. The molecule has 0 atom stereocenters. The SMILES string of the molecule is CCOc1ccc(S(=O)(=O)NCC(=O)NCCc2ccccc2F)cc1. The number of amides is 1. The molecule has 0 spiro atoms. The van der Waals surface area contributed by atoms with Gasteiger partial charge in [-0.1, -0.05) is 18.2 Å². The number of ether oxygens (including phenoxy) is 1. The second-order valence-electron chi connectivity index (χ2n) is 5.42. The van der Waals surface area contributed by atoms with Crippen molar-refractivity contribution in [3.8, 4) is 5.75 Å². The van der Waals surface area contributed by atoms with Gasteiger partial charge >= 0.3 is 0 Å². The van der Waals surface area contributed by atoms with Crippen LogP contribution in [0.2, 0.25) is 0 Å². The largest absolute Gasteiger partial charge is 0.494 e. The Bertz CT molecular complexity index is 839. The molecular formula is C18H21FN2O4S. The first-order valence-corrected chi connectivity index (χ1v) is 9.63. The molecule has 0 aliphatic rings. The van der Waals surface area contributed by atoms with Gasteiger partial charge in [0.25, 0.3) is 0 Å². The lowest BCUT2D eigenvalue weighted by Crippen LogP contribution is -2.37. The second-order valence-corrected chi connectivity index (χ2v) is 7.19. The Morgan fingerprint density at radius 1 is 1.12 bits per heavy atom. The Hall–Kier alpha value is -2.45. The van der Waals surface area contributed by atoms with E-state index in [1.165, 1.54) is 18.2 Å². The monoisotopic (exact) mass is 380 g/mol. The van der Waals surface area contributed by atoms with E-state index in [9.17, 15) is 17.6 Å². The molecule has 8 heteroatoms. The third kappa shape index (κ3) is 5.82. The van der Waals surface area contributed by atoms with Crippen LogP contribution in [0.1, 0.15) is 12.5 Å². The van der Waals surface area contributed by atoms with Crippen molar-refractivity contribution >= 4 is 15.9 Å². The van der Waals surface area contributed by atoms with Gasteiger partial charge in [-0.15, -0.1) is 0 Å². The van der Waals surface area contributed by atoms with E-state index in [2.05, 4.69) is 10.0 Å². The average Bonchev–Trinajstić information content (AvgIpc) is 2.62. The number of hydrogen-bond donors (Lipinski definition) is 2. The van der Waals surface area contributed by atoms with Crippen molar-refractivity contribution in [3.63, 3.8) is 0 Å². The normalized spacial score (nSPS) is 11.2. The van der Waals surface area contributed by atoms with Gasteiger partial charge in [0.15, 0.2) is 0 Å². The second kappa shape index (κ2) is 9.30. The van der Waals surface area contributed by atoms with E-state index >= 15 is 0 Å². The molecule has 0 aromatic heterocycles. The summed E-state index contributed by atoms with van der Waals surface area (Å²) in [5.74, 6) is -0.258. The fourth-order valence-corrected chi connectivity index (χ4v) is 3.21. The molecule has 1 amide bonds. The number of rotatable bonds is 9. The summed E-state index contributed by atoms with van der Waals surface area (Å²) in [6.07, 6.45) is 0.323. The third-order valence-electron chi connectivity index (χ3n) is 3.54. The minimum atomic E-state index is -3.80. The third-order valence-corrected chi connectivity index (χ3v) is 4.96. The fraction of sp³-hybridized carbons (Fsp3) is 0.278. The molecule has 0 unspecified atom stereocenters. The van der Waals surface area contributed by atoms with E-state index in [1.54, 1.807) is 30.3 Å². The van der Waals surface area contributed by atoms with E-state index in [1.807, 2.05) is 6.92 Å². The van der Waals surface area contributed by atoms with Crippen LogP contribution in [0.3, 0.4) is 0 Å². The Morgan fingerprint density at radius 3 is 2.46 bits per heavy atom. The molecular weight excluding hydrogens is 359 g/mol. The summed E-state index contributed by atoms with van der Waals surface area (Å²) < 4.78 is 45.3. The number of nitrogens with one attached hydrogen (secondary N) is 2. The molecule has 26 heavy (non-hydrogen) atoms. The molecule has 0 saturated heterocycles. The Labute approximate surface area is 152 Å². The highest BCUT2D eigenvalue weighted by Crippen LogP contribution is 2.15. The molecule has 0 fully saturated rings. The van der Waals surface area contributed by atoms with Gasteiger partial charge in [0.05, 0.1) is 18.0 Å². The number of halogens is 1. The van der Waals surface area contributed by atoms with Gasteiger partial charge in [0.2, 0.25) is 15.9 Å². The standard InChI is InChI=1S/C18H21FN2O4S/c1-2-25-15-7-9-16(10-8-15)26(23,24)21-13-18(22)20-12-11-14-5-3-4-6-17(14)19/h3-10,21H,2,11-13H2,1H3,(H,20,22). The molecule has 0 radical (unpaired) electrons. The summed E-state index contributed by atoms with van der Waals surface area (Å²) in [7, 11) is -3.80. The molecule has 0 aliphatic carbocycles. The van der Waals surface area contributed by atoms with Crippen LogP contribution in [0.25, 0.3) is 0 Å². The molecule has 0 heterocycles. The van der Waals surface area contributed by atoms with Crippen LogP contribution < -0.4 is 14.8 Å². The zero-order chi connectivity index (χ0) is 19.0. The number of carbonyl (C=O) groups is 1. The molecule has 2 rings (SSSR count). The fourth-order valence-electron chi connectivity index (χ4n) is 2.23. The molecule has 2 N–H and O–H groups in total. The van der Waals surface area contributed by atoms with Gasteiger partial charge in [0, 0.05) is 6.54 Å². The van der Waals surface area contributed by atoms with Crippen LogP contribution >= 0.6 is 0 Å². The summed E-state index contributed by atoms with van der Waals surface area (Å²) in [5.41, 5.74) is 0.489. The van der Waals surface area contributed by atoms with Crippen LogP contribution in [0.15, 0.2) is 53.4 Å². The predicted octanol–water partition coefficient (Wildman–Crippen LogP) is 1.86. The highest BCUT2D eigenvalue weighted by atomic mass is 32.2. The highest BCUT2D eigenvalue weighted by Gasteiger charge is 2.15. The van der Waals surface area contributed by atoms with Crippen molar-refractivity contribution in [2.45, 2.75) is 18.2 Å². The first kappa shape index (κ1) is 19.9. The summed E-state index contributed by atoms with van der Waals surface area (Å²) in [5, 5.41) is 2.56. The number of sulfonamides is 1. The number of hydrogen-bond acceptors (Lipinski definition) is 4. The van der Waals surface area contributed by atoms with Crippen LogP contribution in [-0.2, 0) is 21.2 Å². The van der Waals surface area contributed by atoms with Crippen molar-refractivity contribution in [1.29, 1.82) is 0 Å². The van der Waals surface area contributed by atoms with Gasteiger partial charge in [-0.3, -0.25) is 4.79 Å². The van der Waals surface area contributed by atoms with Gasteiger partial charge in [-0.2, -0.15) is 0 Å². The summed E-state index contributed by atoms with van der Waals surface area (Å²) in [6, 6.07) is 12.2. The first-order valence-electron chi connectivity index (χ1n) is 8.15.